The fourth-order valence-corrected chi connectivity index (χ4v) is 5.68. The molecular formula is C30H37N3O5S. The Balaban J connectivity index is 2.04. The number of nitrogens with zero attached hydrogens (tertiary/aromatic N) is 2. The first-order valence-corrected chi connectivity index (χ1v) is 14.2. The first-order valence-electron chi connectivity index (χ1n) is 12.8. The van der Waals surface area contributed by atoms with E-state index in [1.165, 1.54) is 17.0 Å². The van der Waals surface area contributed by atoms with Gasteiger partial charge in [-0.2, -0.15) is 0 Å². The van der Waals surface area contributed by atoms with E-state index >= 15 is 0 Å². The number of sulfonamides is 1. The molecule has 3 rings (SSSR count). The molecule has 9 heteroatoms. The van der Waals surface area contributed by atoms with Crippen LogP contribution in [0, 0.1) is 13.8 Å². The molecule has 0 bridgehead atoms. The third-order valence-corrected chi connectivity index (χ3v) is 8.00. The van der Waals surface area contributed by atoms with Crippen molar-refractivity contribution in [3.63, 3.8) is 0 Å². The Morgan fingerprint density at radius 3 is 2.03 bits per heavy atom. The Morgan fingerprint density at radius 2 is 1.49 bits per heavy atom. The predicted octanol–water partition coefficient (Wildman–Crippen LogP) is 4.45. The Hall–Kier alpha value is -3.85. The minimum absolute atomic E-state index is 0.0734. The number of carbonyl (C=O) groups excluding carboxylic acids is 2. The lowest BCUT2D eigenvalue weighted by Crippen LogP contribution is -2.52. The predicted molar refractivity (Wildman–Crippen MR) is 153 cm³/mol. The fourth-order valence-electron chi connectivity index (χ4n) is 4.26. The fraction of sp³-hybridized carbons (Fsp3) is 0.333. The molecule has 8 nitrogen and oxygen atoms in total. The Morgan fingerprint density at radius 1 is 0.897 bits per heavy atom. The van der Waals surface area contributed by atoms with Gasteiger partial charge in [0.25, 0.3) is 10.0 Å². The zero-order valence-electron chi connectivity index (χ0n) is 23.3. The molecule has 0 aliphatic rings. The number of hydrogen-bond acceptors (Lipinski definition) is 5. The number of hydrogen-bond donors (Lipinski definition) is 1. The van der Waals surface area contributed by atoms with Gasteiger partial charge < -0.3 is 15.0 Å². The van der Waals surface area contributed by atoms with Crippen molar-refractivity contribution in [3.8, 4) is 5.75 Å². The van der Waals surface area contributed by atoms with E-state index in [-0.39, 0.29) is 23.4 Å². The third kappa shape index (κ3) is 7.60. The first kappa shape index (κ1) is 29.7. The largest absolute Gasteiger partial charge is 0.497 e. The highest BCUT2D eigenvalue weighted by Gasteiger charge is 2.32. The molecule has 0 saturated heterocycles. The van der Waals surface area contributed by atoms with Crippen LogP contribution in [-0.4, -0.2) is 50.9 Å². The summed E-state index contributed by atoms with van der Waals surface area (Å²) < 4.78 is 34.1. The van der Waals surface area contributed by atoms with Crippen molar-refractivity contribution in [2.45, 2.75) is 58.1 Å². The van der Waals surface area contributed by atoms with Crippen LogP contribution in [0.15, 0.2) is 77.7 Å². The number of benzene rings is 3. The van der Waals surface area contributed by atoms with Gasteiger partial charge in [-0.3, -0.25) is 13.9 Å². The van der Waals surface area contributed by atoms with Crippen LogP contribution in [0.4, 0.5) is 5.69 Å². The molecule has 3 aromatic rings. The van der Waals surface area contributed by atoms with E-state index in [4.69, 9.17) is 4.74 Å². The summed E-state index contributed by atoms with van der Waals surface area (Å²) in [4.78, 5) is 28.4. The van der Waals surface area contributed by atoms with Crippen LogP contribution in [0.2, 0.25) is 0 Å². The van der Waals surface area contributed by atoms with E-state index in [1.807, 2.05) is 45.9 Å². The van der Waals surface area contributed by atoms with Gasteiger partial charge in [-0.25, -0.2) is 8.42 Å². The maximum atomic E-state index is 13.9. The summed E-state index contributed by atoms with van der Waals surface area (Å²) in [6, 6.07) is 19.7. The SMILES string of the molecule is COc1ccc(CN(C(=O)CN(c2cc(C)cc(C)c2)S(=O)(=O)c2ccccc2)C(C)C(=O)NC(C)C)cc1. The van der Waals surface area contributed by atoms with E-state index < -0.39 is 28.5 Å². The van der Waals surface area contributed by atoms with Gasteiger partial charge in [-0.1, -0.05) is 36.4 Å². The summed E-state index contributed by atoms with van der Waals surface area (Å²) in [7, 11) is -2.53. The average Bonchev–Trinajstić information content (AvgIpc) is 2.89. The number of anilines is 1. The number of ether oxygens (including phenoxy) is 1. The number of aryl methyl sites for hydroxylation is 2. The highest BCUT2D eigenvalue weighted by atomic mass is 32.2. The molecule has 1 atom stereocenters. The lowest BCUT2D eigenvalue weighted by molar-refractivity contribution is -0.139. The summed E-state index contributed by atoms with van der Waals surface area (Å²) in [5, 5.41) is 2.85. The quantitative estimate of drug-likeness (QED) is 0.380. The number of nitrogens with one attached hydrogen (secondary N) is 1. The van der Waals surface area contributed by atoms with Crippen LogP contribution < -0.4 is 14.4 Å². The molecule has 1 N–H and O–H groups in total. The van der Waals surface area contributed by atoms with Crippen LogP contribution in [0.25, 0.3) is 0 Å². The molecule has 0 aromatic heterocycles. The van der Waals surface area contributed by atoms with Crippen molar-refractivity contribution in [1.82, 2.24) is 10.2 Å². The molecule has 0 aliphatic carbocycles. The number of amides is 2. The van der Waals surface area contributed by atoms with Crippen molar-refractivity contribution in [3.05, 3.63) is 89.5 Å². The second-order valence-electron chi connectivity index (χ2n) is 9.88. The molecular weight excluding hydrogens is 514 g/mol. The van der Waals surface area contributed by atoms with E-state index in [0.29, 0.717) is 11.4 Å². The molecule has 3 aromatic carbocycles. The van der Waals surface area contributed by atoms with Gasteiger partial charge in [-0.15, -0.1) is 0 Å². The maximum Gasteiger partial charge on any atom is 0.264 e. The second-order valence-corrected chi connectivity index (χ2v) is 11.7. The number of carbonyl (C=O) groups is 2. The average molecular weight is 552 g/mol. The zero-order chi connectivity index (χ0) is 28.7. The van der Waals surface area contributed by atoms with Crippen LogP contribution in [0.1, 0.15) is 37.5 Å². The van der Waals surface area contributed by atoms with E-state index in [9.17, 15) is 18.0 Å². The van der Waals surface area contributed by atoms with Gasteiger partial charge in [0.05, 0.1) is 17.7 Å². The van der Waals surface area contributed by atoms with Gasteiger partial charge in [0.15, 0.2) is 0 Å². The smallest absolute Gasteiger partial charge is 0.264 e. The third-order valence-electron chi connectivity index (χ3n) is 6.21. The molecule has 208 valence electrons. The highest BCUT2D eigenvalue weighted by Crippen LogP contribution is 2.26. The molecule has 0 saturated carbocycles. The topological polar surface area (TPSA) is 96.0 Å². The lowest BCUT2D eigenvalue weighted by atomic mass is 10.1. The van der Waals surface area contributed by atoms with E-state index in [0.717, 1.165) is 21.0 Å². The minimum atomic E-state index is -4.09. The summed E-state index contributed by atoms with van der Waals surface area (Å²) in [6.45, 7) is 8.71. The number of methoxy groups -OCH3 is 1. The van der Waals surface area contributed by atoms with Crippen LogP contribution in [0.5, 0.6) is 5.75 Å². The van der Waals surface area contributed by atoms with Crippen molar-refractivity contribution in [2.75, 3.05) is 18.0 Å². The van der Waals surface area contributed by atoms with Crippen molar-refractivity contribution < 1.29 is 22.7 Å². The van der Waals surface area contributed by atoms with E-state index in [2.05, 4.69) is 5.32 Å². The Labute approximate surface area is 231 Å². The summed E-state index contributed by atoms with van der Waals surface area (Å²) in [5.74, 6) is -0.163. The Kier molecular flexibility index (Phi) is 9.75. The summed E-state index contributed by atoms with van der Waals surface area (Å²) >= 11 is 0. The summed E-state index contributed by atoms with van der Waals surface area (Å²) in [5.41, 5.74) is 2.89. The van der Waals surface area contributed by atoms with Crippen LogP contribution in [-0.2, 0) is 26.2 Å². The van der Waals surface area contributed by atoms with E-state index in [1.54, 1.807) is 56.5 Å². The molecule has 2 amide bonds. The zero-order valence-corrected chi connectivity index (χ0v) is 24.2. The molecule has 0 heterocycles. The molecule has 0 aliphatic heterocycles. The van der Waals surface area contributed by atoms with Gasteiger partial charge in [0.2, 0.25) is 11.8 Å². The van der Waals surface area contributed by atoms with Crippen molar-refractivity contribution in [1.29, 1.82) is 0 Å². The second kappa shape index (κ2) is 12.8. The molecule has 39 heavy (non-hydrogen) atoms. The minimum Gasteiger partial charge on any atom is -0.497 e. The lowest BCUT2D eigenvalue weighted by Gasteiger charge is -2.32. The highest BCUT2D eigenvalue weighted by molar-refractivity contribution is 7.92. The first-order chi connectivity index (χ1) is 18.4. The maximum absolute atomic E-state index is 13.9. The molecule has 0 fully saturated rings. The molecule has 0 radical (unpaired) electrons. The molecule has 0 spiro atoms. The van der Waals surface area contributed by atoms with Gasteiger partial charge in [0.1, 0.15) is 18.3 Å². The number of rotatable bonds is 11. The van der Waals surface area contributed by atoms with Gasteiger partial charge >= 0.3 is 0 Å². The molecule has 1 unspecified atom stereocenters. The normalized spacial score (nSPS) is 12.1. The summed E-state index contributed by atoms with van der Waals surface area (Å²) in [6.07, 6.45) is 0. The van der Waals surface area contributed by atoms with Gasteiger partial charge in [0, 0.05) is 12.6 Å². The standard InChI is InChI=1S/C30H37N3O5S/c1-21(2)31-30(35)24(5)32(19-25-12-14-27(38-6)15-13-25)29(34)20-33(26-17-22(3)16-23(4)18-26)39(36,37)28-10-8-7-9-11-28/h7-18,21,24H,19-20H2,1-6H3,(H,31,35). The van der Waals surface area contributed by atoms with Crippen molar-refractivity contribution in [2.24, 2.45) is 0 Å². The van der Waals surface area contributed by atoms with Crippen molar-refractivity contribution >= 4 is 27.5 Å². The van der Waals surface area contributed by atoms with Gasteiger partial charge in [-0.05, 0) is 87.7 Å². The Bertz CT molecular complexity index is 1370. The monoisotopic (exact) mass is 551 g/mol. The van der Waals surface area contributed by atoms with Crippen LogP contribution >= 0.6 is 0 Å². The van der Waals surface area contributed by atoms with Crippen LogP contribution in [0.3, 0.4) is 0 Å².